The SMILES string of the molecule is CCCO[C@@H](c1ccc(S(=O)(=O)Cl)cc1)C(C)C. The largest absolute Gasteiger partial charge is 0.373 e. The average molecular weight is 291 g/mol. The summed E-state index contributed by atoms with van der Waals surface area (Å²) in [7, 11) is 1.63. The molecule has 0 amide bonds. The van der Waals surface area contributed by atoms with Gasteiger partial charge in [-0.3, -0.25) is 0 Å². The smallest absolute Gasteiger partial charge is 0.261 e. The van der Waals surface area contributed by atoms with Crippen LogP contribution in [0.1, 0.15) is 38.9 Å². The minimum atomic E-state index is -3.65. The van der Waals surface area contributed by atoms with Gasteiger partial charge in [-0.25, -0.2) is 8.42 Å². The van der Waals surface area contributed by atoms with Crippen LogP contribution in [0.25, 0.3) is 0 Å². The maximum atomic E-state index is 11.2. The predicted molar refractivity (Wildman–Crippen MR) is 73.3 cm³/mol. The Labute approximate surface area is 114 Å². The molecule has 1 aromatic carbocycles. The molecule has 0 unspecified atom stereocenters. The summed E-state index contributed by atoms with van der Waals surface area (Å²) >= 11 is 0. The van der Waals surface area contributed by atoms with Gasteiger partial charge in [-0.1, -0.05) is 32.9 Å². The van der Waals surface area contributed by atoms with Crippen molar-refractivity contribution in [3.05, 3.63) is 29.8 Å². The van der Waals surface area contributed by atoms with Gasteiger partial charge in [-0.15, -0.1) is 0 Å². The van der Waals surface area contributed by atoms with Gasteiger partial charge in [0.15, 0.2) is 0 Å². The number of halogens is 1. The molecule has 0 radical (unpaired) electrons. The Hall–Kier alpha value is -0.580. The third kappa shape index (κ3) is 4.26. The van der Waals surface area contributed by atoms with Crippen LogP contribution in [0.5, 0.6) is 0 Å². The van der Waals surface area contributed by atoms with Gasteiger partial charge in [-0.05, 0) is 30.0 Å². The minimum absolute atomic E-state index is 0.0166. The summed E-state index contributed by atoms with van der Waals surface area (Å²) in [5.74, 6) is 0.329. The van der Waals surface area contributed by atoms with Gasteiger partial charge in [0, 0.05) is 17.3 Å². The molecule has 18 heavy (non-hydrogen) atoms. The zero-order valence-corrected chi connectivity index (χ0v) is 12.5. The molecule has 1 rings (SSSR count). The summed E-state index contributed by atoms with van der Waals surface area (Å²) in [6.07, 6.45) is 0.939. The molecule has 0 aliphatic rings. The number of rotatable bonds is 6. The quantitative estimate of drug-likeness (QED) is 0.750. The van der Waals surface area contributed by atoms with Crippen LogP contribution in [0.3, 0.4) is 0 Å². The molecule has 0 N–H and O–H groups in total. The van der Waals surface area contributed by atoms with Gasteiger partial charge in [0.25, 0.3) is 9.05 Å². The van der Waals surface area contributed by atoms with Crippen LogP contribution in [-0.2, 0) is 13.8 Å². The van der Waals surface area contributed by atoms with E-state index >= 15 is 0 Å². The second-order valence-electron chi connectivity index (χ2n) is 4.54. The minimum Gasteiger partial charge on any atom is -0.373 e. The van der Waals surface area contributed by atoms with Crippen molar-refractivity contribution in [1.82, 2.24) is 0 Å². The van der Waals surface area contributed by atoms with Crippen LogP contribution in [0, 0.1) is 5.92 Å². The van der Waals surface area contributed by atoms with E-state index in [1.165, 1.54) is 12.1 Å². The van der Waals surface area contributed by atoms with Crippen LogP contribution in [0.15, 0.2) is 29.2 Å². The molecule has 0 bridgehead atoms. The monoisotopic (exact) mass is 290 g/mol. The van der Waals surface area contributed by atoms with E-state index in [1.807, 2.05) is 0 Å². The van der Waals surface area contributed by atoms with E-state index in [4.69, 9.17) is 15.4 Å². The van der Waals surface area contributed by atoms with Crippen LogP contribution >= 0.6 is 10.7 Å². The van der Waals surface area contributed by atoms with Crippen molar-refractivity contribution in [3.63, 3.8) is 0 Å². The van der Waals surface area contributed by atoms with Crippen LogP contribution in [0.2, 0.25) is 0 Å². The van der Waals surface area contributed by atoms with Gasteiger partial charge in [0.2, 0.25) is 0 Å². The molecule has 0 spiro atoms. The lowest BCUT2D eigenvalue weighted by molar-refractivity contribution is 0.0214. The lowest BCUT2D eigenvalue weighted by Crippen LogP contribution is -2.12. The molecule has 0 saturated carbocycles. The first-order chi connectivity index (χ1) is 8.36. The summed E-state index contributed by atoms with van der Waals surface area (Å²) in [5.41, 5.74) is 0.975. The zero-order chi connectivity index (χ0) is 13.8. The van der Waals surface area contributed by atoms with E-state index in [9.17, 15) is 8.42 Å². The number of benzene rings is 1. The lowest BCUT2D eigenvalue weighted by atomic mass is 9.99. The first kappa shape index (κ1) is 15.5. The highest BCUT2D eigenvalue weighted by atomic mass is 35.7. The van der Waals surface area contributed by atoms with Gasteiger partial charge >= 0.3 is 0 Å². The summed E-state index contributed by atoms with van der Waals surface area (Å²) < 4.78 is 28.1. The van der Waals surface area contributed by atoms with Crippen molar-refractivity contribution in [2.24, 2.45) is 5.92 Å². The van der Waals surface area contributed by atoms with Crippen molar-refractivity contribution in [2.75, 3.05) is 6.61 Å². The second kappa shape index (κ2) is 6.55. The zero-order valence-electron chi connectivity index (χ0n) is 10.9. The van der Waals surface area contributed by atoms with E-state index in [0.29, 0.717) is 12.5 Å². The van der Waals surface area contributed by atoms with Gasteiger partial charge in [0.05, 0.1) is 11.0 Å². The topological polar surface area (TPSA) is 43.4 Å². The molecule has 0 aliphatic carbocycles. The first-order valence-electron chi connectivity index (χ1n) is 6.02. The van der Waals surface area contributed by atoms with Crippen LogP contribution < -0.4 is 0 Å². The van der Waals surface area contributed by atoms with Gasteiger partial charge in [0.1, 0.15) is 0 Å². The first-order valence-corrected chi connectivity index (χ1v) is 8.33. The number of hydrogen-bond acceptors (Lipinski definition) is 3. The fourth-order valence-corrected chi connectivity index (χ4v) is 2.51. The summed E-state index contributed by atoms with van der Waals surface area (Å²) in [6, 6.07) is 6.55. The number of hydrogen-bond donors (Lipinski definition) is 0. The van der Waals surface area contributed by atoms with Crippen molar-refractivity contribution in [1.29, 1.82) is 0 Å². The third-order valence-corrected chi connectivity index (χ3v) is 3.97. The molecule has 0 aliphatic heterocycles. The second-order valence-corrected chi connectivity index (χ2v) is 7.11. The molecule has 1 atom stereocenters. The predicted octanol–water partition coefficient (Wildman–Crippen LogP) is 3.74. The summed E-state index contributed by atoms with van der Waals surface area (Å²) in [4.78, 5) is 0.117. The van der Waals surface area contributed by atoms with Gasteiger partial charge < -0.3 is 4.74 Å². The highest BCUT2D eigenvalue weighted by molar-refractivity contribution is 8.13. The lowest BCUT2D eigenvalue weighted by Gasteiger charge is -2.22. The molecule has 5 heteroatoms. The maximum Gasteiger partial charge on any atom is 0.261 e. The molecule has 1 aromatic rings. The Kier molecular flexibility index (Phi) is 5.63. The third-order valence-electron chi connectivity index (χ3n) is 2.60. The normalized spacial score (nSPS) is 13.8. The molecular formula is C13H19ClO3S. The molecule has 0 heterocycles. The Morgan fingerprint density at radius 1 is 1.22 bits per heavy atom. The Morgan fingerprint density at radius 3 is 2.17 bits per heavy atom. The standard InChI is InChI=1S/C13H19ClO3S/c1-4-9-17-13(10(2)3)11-5-7-12(8-6-11)18(14,15)16/h5-8,10,13H,4,9H2,1-3H3/t13-/m1/s1. The van der Waals surface area contributed by atoms with E-state index < -0.39 is 9.05 Å². The molecule has 3 nitrogen and oxygen atoms in total. The molecule has 0 saturated heterocycles. The fourth-order valence-electron chi connectivity index (χ4n) is 1.74. The maximum absolute atomic E-state index is 11.2. The van der Waals surface area contributed by atoms with Crippen LogP contribution in [-0.4, -0.2) is 15.0 Å². The average Bonchev–Trinajstić information content (AvgIpc) is 2.28. The summed E-state index contributed by atoms with van der Waals surface area (Å²) in [5, 5.41) is 0. The fraction of sp³-hybridized carbons (Fsp3) is 0.538. The van der Waals surface area contributed by atoms with E-state index in [0.717, 1.165) is 12.0 Å². The van der Waals surface area contributed by atoms with Crippen molar-refractivity contribution >= 4 is 19.7 Å². The Bertz CT molecular complexity index is 466. The van der Waals surface area contributed by atoms with Gasteiger partial charge in [-0.2, -0.15) is 0 Å². The van der Waals surface area contributed by atoms with Crippen LogP contribution in [0.4, 0.5) is 0 Å². The highest BCUT2D eigenvalue weighted by Crippen LogP contribution is 2.27. The van der Waals surface area contributed by atoms with E-state index in [-0.39, 0.29) is 11.0 Å². The molecular weight excluding hydrogens is 272 g/mol. The highest BCUT2D eigenvalue weighted by Gasteiger charge is 2.17. The Balaban J connectivity index is 2.94. The van der Waals surface area contributed by atoms with E-state index in [1.54, 1.807) is 12.1 Å². The van der Waals surface area contributed by atoms with Crippen molar-refractivity contribution < 1.29 is 13.2 Å². The molecule has 0 aromatic heterocycles. The van der Waals surface area contributed by atoms with E-state index in [2.05, 4.69) is 20.8 Å². The van der Waals surface area contributed by atoms with Crippen molar-refractivity contribution in [2.45, 2.75) is 38.2 Å². The molecule has 102 valence electrons. The Morgan fingerprint density at radius 2 is 1.78 bits per heavy atom. The summed E-state index contributed by atoms with van der Waals surface area (Å²) in [6.45, 7) is 6.90. The number of ether oxygens (including phenoxy) is 1. The molecule has 0 fully saturated rings. The van der Waals surface area contributed by atoms with Crippen molar-refractivity contribution in [3.8, 4) is 0 Å².